The number of imide groups is 1. The summed E-state index contributed by atoms with van der Waals surface area (Å²) in [6.07, 6.45) is 0.315. The Morgan fingerprint density at radius 1 is 1.15 bits per heavy atom. The maximum absolute atomic E-state index is 13.7. The third kappa shape index (κ3) is 4.49. The summed E-state index contributed by atoms with van der Waals surface area (Å²) in [5.41, 5.74) is 1.70. The smallest absolute Gasteiger partial charge is 0.252 e. The first-order valence-electron chi connectivity index (χ1n) is 8.66. The number of hydrogen-bond acceptors (Lipinski definition) is 4. The van der Waals surface area contributed by atoms with Gasteiger partial charge in [-0.15, -0.1) is 0 Å². The summed E-state index contributed by atoms with van der Waals surface area (Å²) in [6.45, 7) is 1.55. The zero-order valence-corrected chi connectivity index (χ0v) is 14.9. The maximum atomic E-state index is 13.7. The van der Waals surface area contributed by atoms with Gasteiger partial charge in [0.25, 0.3) is 5.91 Å². The van der Waals surface area contributed by atoms with Crippen LogP contribution in [-0.4, -0.2) is 35.2 Å². The first-order chi connectivity index (χ1) is 12.9. The van der Waals surface area contributed by atoms with Gasteiger partial charge in [-0.2, -0.15) is 0 Å². The minimum Gasteiger partial charge on any atom is -0.373 e. The minimum absolute atomic E-state index is 0.0421. The van der Waals surface area contributed by atoms with Crippen LogP contribution in [0.4, 0.5) is 15.8 Å². The van der Waals surface area contributed by atoms with Gasteiger partial charge in [0.15, 0.2) is 0 Å². The molecule has 0 saturated carbocycles. The zero-order chi connectivity index (χ0) is 19.4. The summed E-state index contributed by atoms with van der Waals surface area (Å²) in [5, 5.41) is 5.70. The Bertz CT molecular complexity index is 884. The molecule has 140 valence electrons. The van der Waals surface area contributed by atoms with Crippen molar-refractivity contribution in [3.05, 3.63) is 59.9 Å². The quantitative estimate of drug-likeness (QED) is 0.767. The SMILES string of the molecule is CC(=O)Nc1cccc(N[C@H]2CC(=O)N(CCc3ccccc3F)C2=O)c1. The molecule has 0 unspecified atom stereocenters. The van der Waals surface area contributed by atoms with Crippen LogP contribution in [0.2, 0.25) is 0 Å². The molecule has 2 aromatic rings. The molecular formula is C20H20FN3O3. The average molecular weight is 369 g/mol. The lowest BCUT2D eigenvalue weighted by molar-refractivity contribution is -0.138. The summed E-state index contributed by atoms with van der Waals surface area (Å²) in [4.78, 5) is 37.1. The topological polar surface area (TPSA) is 78.5 Å². The van der Waals surface area contributed by atoms with Gasteiger partial charge in [-0.3, -0.25) is 19.3 Å². The first-order valence-corrected chi connectivity index (χ1v) is 8.66. The zero-order valence-electron chi connectivity index (χ0n) is 14.9. The molecule has 7 heteroatoms. The average Bonchev–Trinajstić information content (AvgIpc) is 2.87. The number of carbonyl (C=O) groups is 3. The third-order valence-corrected chi connectivity index (χ3v) is 4.33. The van der Waals surface area contributed by atoms with Crippen LogP contribution in [0.5, 0.6) is 0 Å². The molecule has 1 fully saturated rings. The molecule has 27 heavy (non-hydrogen) atoms. The second-order valence-corrected chi connectivity index (χ2v) is 6.39. The van der Waals surface area contributed by atoms with Gasteiger partial charge in [-0.25, -0.2) is 4.39 Å². The minimum atomic E-state index is -0.675. The van der Waals surface area contributed by atoms with Crippen molar-refractivity contribution in [2.75, 3.05) is 17.2 Å². The van der Waals surface area contributed by atoms with E-state index in [9.17, 15) is 18.8 Å². The fraction of sp³-hybridized carbons (Fsp3) is 0.250. The van der Waals surface area contributed by atoms with Gasteiger partial charge < -0.3 is 10.6 Å². The lowest BCUT2D eigenvalue weighted by Gasteiger charge is -2.16. The van der Waals surface area contributed by atoms with E-state index in [2.05, 4.69) is 10.6 Å². The second kappa shape index (κ2) is 7.99. The number of benzene rings is 2. The van der Waals surface area contributed by atoms with Crippen molar-refractivity contribution < 1.29 is 18.8 Å². The van der Waals surface area contributed by atoms with Crippen molar-refractivity contribution in [1.82, 2.24) is 4.90 Å². The van der Waals surface area contributed by atoms with Crippen LogP contribution in [0.3, 0.4) is 0 Å². The van der Waals surface area contributed by atoms with Crippen LogP contribution in [0.25, 0.3) is 0 Å². The van der Waals surface area contributed by atoms with Crippen molar-refractivity contribution >= 4 is 29.1 Å². The Kier molecular flexibility index (Phi) is 5.49. The summed E-state index contributed by atoms with van der Waals surface area (Å²) in [6, 6.07) is 12.6. The number of halogens is 1. The van der Waals surface area contributed by atoms with Crippen molar-refractivity contribution in [3.63, 3.8) is 0 Å². The number of carbonyl (C=O) groups excluding carboxylic acids is 3. The molecule has 0 radical (unpaired) electrons. The van der Waals surface area contributed by atoms with Crippen molar-refractivity contribution in [1.29, 1.82) is 0 Å². The summed E-state index contributed by atoms with van der Waals surface area (Å²) in [7, 11) is 0. The number of hydrogen-bond donors (Lipinski definition) is 2. The molecule has 2 N–H and O–H groups in total. The first kappa shape index (κ1) is 18.6. The summed E-state index contributed by atoms with van der Waals surface area (Å²) in [5.74, 6) is -1.16. The molecule has 1 heterocycles. The van der Waals surface area contributed by atoms with Crippen molar-refractivity contribution in [3.8, 4) is 0 Å². The van der Waals surface area contributed by atoms with Crippen LogP contribution in [0.1, 0.15) is 18.9 Å². The van der Waals surface area contributed by atoms with Gasteiger partial charge in [0.1, 0.15) is 11.9 Å². The predicted octanol–water partition coefficient (Wildman–Crippen LogP) is 2.57. The number of likely N-dealkylation sites (tertiary alicyclic amines) is 1. The van der Waals surface area contributed by atoms with E-state index in [1.807, 2.05) is 0 Å². The molecule has 3 amide bonds. The molecule has 0 aliphatic carbocycles. The van der Waals surface area contributed by atoms with Gasteiger partial charge >= 0.3 is 0 Å². The van der Waals surface area contributed by atoms with E-state index in [1.165, 1.54) is 17.9 Å². The lowest BCUT2D eigenvalue weighted by atomic mass is 10.1. The maximum Gasteiger partial charge on any atom is 0.252 e. The highest BCUT2D eigenvalue weighted by Gasteiger charge is 2.38. The highest BCUT2D eigenvalue weighted by molar-refractivity contribution is 6.06. The molecule has 1 aliphatic heterocycles. The molecule has 0 bridgehead atoms. The van der Waals surface area contributed by atoms with Gasteiger partial charge in [0.05, 0.1) is 6.42 Å². The summed E-state index contributed by atoms with van der Waals surface area (Å²) < 4.78 is 13.7. The summed E-state index contributed by atoms with van der Waals surface area (Å²) >= 11 is 0. The van der Waals surface area contributed by atoms with E-state index < -0.39 is 6.04 Å². The Morgan fingerprint density at radius 3 is 2.63 bits per heavy atom. The molecule has 1 aliphatic rings. The Morgan fingerprint density at radius 2 is 1.89 bits per heavy atom. The van der Waals surface area contributed by atoms with E-state index in [1.54, 1.807) is 42.5 Å². The van der Waals surface area contributed by atoms with Crippen molar-refractivity contribution in [2.45, 2.75) is 25.8 Å². The Labute approximate surface area is 156 Å². The van der Waals surface area contributed by atoms with E-state index in [-0.39, 0.29) is 42.9 Å². The standard InChI is InChI=1S/C20H20FN3O3/c1-13(25)22-15-6-4-7-16(11-15)23-18-12-19(26)24(20(18)27)10-9-14-5-2-3-8-17(14)21/h2-8,11,18,23H,9-10,12H2,1H3,(H,22,25)/t18-/m0/s1. The molecule has 3 rings (SSSR count). The van der Waals surface area contributed by atoms with Crippen molar-refractivity contribution in [2.24, 2.45) is 0 Å². The highest BCUT2D eigenvalue weighted by atomic mass is 19.1. The van der Waals surface area contributed by atoms with E-state index >= 15 is 0 Å². The number of rotatable bonds is 6. The normalized spacial score (nSPS) is 16.5. The van der Waals surface area contributed by atoms with E-state index in [4.69, 9.17) is 0 Å². The highest BCUT2D eigenvalue weighted by Crippen LogP contribution is 2.21. The fourth-order valence-corrected chi connectivity index (χ4v) is 3.06. The van der Waals surface area contributed by atoms with Gasteiger partial charge in [-0.1, -0.05) is 24.3 Å². The molecule has 1 atom stereocenters. The molecule has 0 spiro atoms. The number of amides is 3. The monoisotopic (exact) mass is 369 g/mol. The van der Waals surface area contributed by atoms with Crippen LogP contribution in [0, 0.1) is 5.82 Å². The number of anilines is 2. The Balaban J connectivity index is 1.64. The molecule has 1 saturated heterocycles. The van der Waals surface area contributed by atoms with Gasteiger partial charge in [0.2, 0.25) is 11.8 Å². The Hall–Kier alpha value is -3.22. The number of nitrogens with zero attached hydrogens (tertiary/aromatic N) is 1. The van der Waals surface area contributed by atoms with Crippen LogP contribution >= 0.6 is 0 Å². The number of nitrogens with one attached hydrogen (secondary N) is 2. The van der Waals surface area contributed by atoms with E-state index in [0.717, 1.165) is 0 Å². The predicted molar refractivity (Wildman–Crippen MR) is 99.6 cm³/mol. The molecule has 2 aromatic carbocycles. The van der Waals surface area contributed by atoms with Crippen LogP contribution in [0.15, 0.2) is 48.5 Å². The largest absolute Gasteiger partial charge is 0.373 e. The van der Waals surface area contributed by atoms with Gasteiger partial charge in [0, 0.05) is 24.8 Å². The second-order valence-electron chi connectivity index (χ2n) is 6.39. The fourth-order valence-electron chi connectivity index (χ4n) is 3.06. The lowest BCUT2D eigenvalue weighted by Crippen LogP contribution is -2.36. The van der Waals surface area contributed by atoms with Crippen LogP contribution in [-0.2, 0) is 20.8 Å². The molecular weight excluding hydrogens is 349 g/mol. The molecule has 6 nitrogen and oxygen atoms in total. The van der Waals surface area contributed by atoms with Gasteiger partial charge in [-0.05, 0) is 36.2 Å². The van der Waals surface area contributed by atoms with E-state index in [0.29, 0.717) is 16.9 Å². The molecule has 0 aromatic heterocycles. The van der Waals surface area contributed by atoms with Crippen LogP contribution < -0.4 is 10.6 Å². The third-order valence-electron chi connectivity index (χ3n) is 4.33.